The van der Waals surface area contributed by atoms with Crippen molar-refractivity contribution in [2.45, 2.75) is 18.9 Å². The van der Waals surface area contributed by atoms with Gasteiger partial charge in [-0.05, 0) is 18.0 Å². The van der Waals surface area contributed by atoms with Gasteiger partial charge in [-0.2, -0.15) is 5.10 Å². The van der Waals surface area contributed by atoms with Gasteiger partial charge in [-0.15, -0.1) is 0 Å². The van der Waals surface area contributed by atoms with Gasteiger partial charge in [0.25, 0.3) is 0 Å². The molecule has 1 aromatic heterocycles. The highest BCUT2D eigenvalue weighted by Gasteiger charge is 2.21. The fourth-order valence-corrected chi connectivity index (χ4v) is 1.32. The lowest BCUT2D eigenvalue weighted by atomic mass is 10.1. The number of nitrogens with zero attached hydrogens (tertiary/aromatic N) is 2. The Labute approximate surface area is 77.7 Å². The molecule has 1 saturated heterocycles. The van der Waals surface area contributed by atoms with Gasteiger partial charge in [0.2, 0.25) is 0 Å². The zero-order valence-electron chi connectivity index (χ0n) is 7.81. The molecule has 1 atom stereocenters. The average molecular weight is 181 g/mol. The predicted octanol–water partition coefficient (Wildman–Crippen LogP) is 0.517. The quantitative estimate of drug-likeness (QED) is 0.739. The average Bonchev–Trinajstić information content (AvgIpc) is 2.49. The minimum atomic E-state index is 0.398. The molecule has 0 radical (unpaired) electrons. The molecule has 2 heterocycles. The molecule has 0 amide bonds. The van der Waals surface area contributed by atoms with Gasteiger partial charge in [-0.25, -0.2) is 0 Å². The molecule has 1 unspecified atom stereocenters. The van der Waals surface area contributed by atoms with Crippen LogP contribution in [0.15, 0.2) is 12.4 Å². The Kier molecular flexibility index (Phi) is 2.33. The van der Waals surface area contributed by atoms with Crippen LogP contribution in [0.5, 0.6) is 0 Å². The van der Waals surface area contributed by atoms with Crippen LogP contribution in [0.4, 0.5) is 0 Å². The van der Waals surface area contributed by atoms with Crippen molar-refractivity contribution < 1.29 is 4.74 Å². The van der Waals surface area contributed by atoms with E-state index in [1.165, 1.54) is 5.56 Å². The van der Waals surface area contributed by atoms with Crippen LogP contribution in [-0.2, 0) is 4.74 Å². The summed E-state index contributed by atoms with van der Waals surface area (Å²) in [5, 5.41) is 4.29. The Morgan fingerprint density at radius 2 is 2.54 bits per heavy atom. The summed E-state index contributed by atoms with van der Waals surface area (Å²) in [6, 6.07) is 0.443. The minimum Gasteiger partial charge on any atom is -0.377 e. The number of nitrogens with two attached hydrogens (primary N) is 1. The van der Waals surface area contributed by atoms with Crippen LogP contribution in [0.1, 0.15) is 24.4 Å². The molecule has 0 bridgehead atoms. The second-order valence-corrected chi connectivity index (χ2v) is 3.58. The van der Waals surface area contributed by atoms with Crippen molar-refractivity contribution in [2.75, 3.05) is 19.8 Å². The summed E-state index contributed by atoms with van der Waals surface area (Å²) in [4.78, 5) is 0. The van der Waals surface area contributed by atoms with Crippen molar-refractivity contribution in [1.82, 2.24) is 9.78 Å². The summed E-state index contributed by atoms with van der Waals surface area (Å²) < 4.78 is 7.08. The Morgan fingerprint density at radius 3 is 3.08 bits per heavy atom. The van der Waals surface area contributed by atoms with Gasteiger partial charge < -0.3 is 10.5 Å². The molecule has 0 aliphatic carbocycles. The SMILES string of the molecule is CC(CN)c1cnn(C2COC2)c1. The molecular weight excluding hydrogens is 166 g/mol. The van der Waals surface area contributed by atoms with E-state index in [0.717, 1.165) is 13.2 Å². The Morgan fingerprint density at radius 1 is 1.77 bits per heavy atom. The van der Waals surface area contributed by atoms with Crippen LogP contribution in [-0.4, -0.2) is 29.5 Å². The van der Waals surface area contributed by atoms with Gasteiger partial charge in [0, 0.05) is 6.20 Å². The van der Waals surface area contributed by atoms with Crippen molar-refractivity contribution in [1.29, 1.82) is 0 Å². The molecule has 0 saturated carbocycles. The number of hydrogen-bond donors (Lipinski definition) is 1. The van der Waals surface area contributed by atoms with Crippen LogP contribution in [0.3, 0.4) is 0 Å². The minimum absolute atomic E-state index is 0.398. The van der Waals surface area contributed by atoms with Crippen molar-refractivity contribution >= 4 is 0 Å². The highest BCUT2D eigenvalue weighted by Crippen LogP contribution is 2.19. The summed E-state index contributed by atoms with van der Waals surface area (Å²) in [6.07, 6.45) is 3.97. The molecule has 4 nitrogen and oxygen atoms in total. The summed E-state index contributed by atoms with van der Waals surface area (Å²) in [7, 11) is 0. The number of hydrogen-bond acceptors (Lipinski definition) is 3. The van der Waals surface area contributed by atoms with Crippen molar-refractivity contribution in [2.24, 2.45) is 5.73 Å². The summed E-state index contributed by atoms with van der Waals surface area (Å²) in [6.45, 7) is 4.36. The van der Waals surface area contributed by atoms with E-state index in [1.54, 1.807) is 0 Å². The van der Waals surface area contributed by atoms with E-state index in [-0.39, 0.29) is 0 Å². The van der Waals surface area contributed by atoms with Gasteiger partial charge in [0.05, 0.1) is 25.5 Å². The maximum Gasteiger partial charge on any atom is 0.0985 e. The molecule has 2 N–H and O–H groups in total. The second kappa shape index (κ2) is 3.47. The van der Waals surface area contributed by atoms with E-state index >= 15 is 0 Å². The van der Waals surface area contributed by atoms with Gasteiger partial charge in [0.1, 0.15) is 0 Å². The summed E-state index contributed by atoms with van der Waals surface area (Å²) >= 11 is 0. The molecule has 72 valence electrons. The third-order valence-electron chi connectivity index (χ3n) is 2.54. The Balaban J connectivity index is 2.08. The molecule has 1 fully saturated rings. The maximum absolute atomic E-state index is 5.57. The molecule has 0 spiro atoms. The lowest BCUT2D eigenvalue weighted by Gasteiger charge is -2.26. The van der Waals surface area contributed by atoms with E-state index in [9.17, 15) is 0 Å². The zero-order valence-corrected chi connectivity index (χ0v) is 7.81. The summed E-state index contributed by atoms with van der Waals surface area (Å²) in [5.41, 5.74) is 6.79. The first-order chi connectivity index (χ1) is 6.31. The first-order valence-electron chi connectivity index (χ1n) is 4.63. The molecular formula is C9H15N3O. The highest BCUT2D eigenvalue weighted by atomic mass is 16.5. The number of ether oxygens (including phenoxy) is 1. The molecule has 2 rings (SSSR count). The number of aromatic nitrogens is 2. The normalized spacial score (nSPS) is 19.8. The van der Waals surface area contributed by atoms with Crippen LogP contribution in [0.25, 0.3) is 0 Å². The van der Waals surface area contributed by atoms with Gasteiger partial charge in [-0.1, -0.05) is 6.92 Å². The van der Waals surface area contributed by atoms with E-state index in [4.69, 9.17) is 10.5 Å². The monoisotopic (exact) mass is 181 g/mol. The van der Waals surface area contributed by atoms with Crippen LogP contribution < -0.4 is 5.73 Å². The van der Waals surface area contributed by atoms with Crippen molar-refractivity contribution in [3.63, 3.8) is 0 Å². The molecule has 1 aromatic rings. The second-order valence-electron chi connectivity index (χ2n) is 3.58. The fraction of sp³-hybridized carbons (Fsp3) is 0.667. The van der Waals surface area contributed by atoms with Crippen LogP contribution >= 0.6 is 0 Å². The lowest BCUT2D eigenvalue weighted by Crippen LogP contribution is -2.30. The Hall–Kier alpha value is -0.870. The van der Waals surface area contributed by atoms with E-state index < -0.39 is 0 Å². The number of rotatable bonds is 3. The summed E-state index contributed by atoms with van der Waals surface area (Å²) in [5.74, 6) is 0.398. The van der Waals surface area contributed by atoms with E-state index in [1.807, 2.05) is 10.9 Å². The molecule has 1 aliphatic heterocycles. The standard InChI is InChI=1S/C9H15N3O/c1-7(2-10)8-3-11-12(4-8)9-5-13-6-9/h3-4,7,9H,2,5-6,10H2,1H3. The van der Waals surface area contributed by atoms with Gasteiger partial charge in [0.15, 0.2) is 0 Å². The van der Waals surface area contributed by atoms with Gasteiger partial charge >= 0.3 is 0 Å². The first kappa shape index (κ1) is 8.72. The van der Waals surface area contributed by atoms with Crippen LogP contribution in [0.2, 0.25) is 0 Å². The van der Waals surface area contributed by atoms with E-state index in [2.05, 4.69) is 18.2 Å². The van der Waals surface area contributed by atoms with Gasteiger partial charge in [-0.3, -0.25) is 4.68 Å². The Bertz CT molecular complexity index is 261. The van der Waals surface area contributed by atoms with E-state index in [0.29, 0.717) is 18.5 Å². The van der Waals surface area contributed by atoms with Crippen molar-refractivity contribution in [3.8, 4) is 0 Å². The first-order valence-corrected chi connectivity index (χ1v) is 4.63. The predicted molar refractivity (Wildman–Crippen MR) is 49.6 cm³/mol. The molecule has 4 heteroatoms. The van der Waals surface area contributed by atoms with Crippen LogP contribution in [0, 0.1) is 0 Å². The lowest BCUT2D eigenvalue weighted by molar-refractivity contribution is -0.0286. The molecule has 0 aromatic carbocycles. The smallest absolute Gasteiger partial charge is 0.0985 e. The maximum atomic E-state index is 5.57. The largest absolute Gasteiger partial charge is 0.377 e. The highest BCUT2D eigenvalue weighted by molar-refractivity contribution is 5.11. The fourth-order valence-electron chi connectivity index (χ4n) is 1.32. The zero-order chi connectivity index (χ0) is 9.26. The third-order valence-corrected chi connectivity index (χ3v) is 2.54. The third kappa shape index (κ3) is 1.59. The molecule has 13 heavy (non-hydrogen) atoms. The molecule has 1 aliphatic rings. The van der Waals surface area contributed by atoms with Crippen molar-refractivity contribution in [3.05, 3.63) is 18.0 Å². The topological polar surface area (TPSA) is 53.1 Å².